The van der Waals surface area contributed by atoms with E-state index in [1.165, 1.54) is 27.7 Å². The number of hydrogen-bond donors (Lipinski definition) is 4. The van der Waals surface area contributed by atoms with Gasteiger partial charge in [0.2, 0.25) is 0 Å². The number of carbonyl (C=O) groups is 4. The number of ketones is 2. The number of ether oxygens (including phenoxy) is 2. The minimum absolute atomic E-state index is 0.0671. The van der Waals surface area contributed by atoms with Gasteiger partial charge in [0.05, 0.1) is 0 Å². The number of amides is 2. The van der Waals surface area contributed by atoms with Crippen molar-refractivity contribution in [2.75, 3.05) is 13.1 Å². The molecule has 0 saturated carbocycles. The maximum Gasteiger partial charge on any atom is 0.407 e. The van der Waals surface area contributed by atoms with Crippen molar-refractivity contribution in [3.8, 4) is 0 Å². The molecule has 0 atom stereocenters. The van der Waals surface area contributed by atoms with Gasteiger partial charge in [0.15, 0.2) is 11.6 Å². The molecule has 0 bridgehead atoms. The van der Waals surface area contributed by atoms with Gasteiger partial charge in [-0.2, -0.15) is 0 Å². The lowest BCUT2D eigenvalue weighted by Gasteiger charge is -2.15. The van der Waals surface area contributed by atoms with Crippen molar-refractivity contribution in [2.45, 2.75) is 77.8 Å². The van der Waals surface area contributed by atoms with E-state index in [1.54, 1.807) is 48.5 Å². The Hall–Kier alpha value is -3.76. The molecule has 0 spiro atoms. The van der Waals surface area contributed by atoms with E-state index in [4.69, 9.17) is 9.47 Å². The highest BCUT2D eigenvalue weighted by molar-refractivity contribution is 6.02. The Kier molecular flexibility index (Phi) is 12.3. The van der Waals surface area contributed by atoms with E-state index < -0.39 is 23.4 Å². The normalized spacial score (nSPS) is 11.4. The van der Waals surface area contributed by atoms with Crippen LogP contribution in [0.1, 0.15) is 85.2 Å². The van der Waals surface area contributed by atoms with Gasteiger partial charge < -0.3 is 30.3 Å². The van der Waals surface area contributed by atoms with Crippen LogP contribution in [-0.2, 0) is 22.7 Å². The molecule has 2 amide bonds. The topological polar surface area (TPSA) is 151 Å². The van der Waals surface area contributed by atoms with Crippen molar-refractivity contribution < 1.29 is 38.9 Å². The lowest BCUT2D eigenvalue weighted by atomic mass is 9.96. The number of Topliss-reactive ketones (excluding diaryl/α,β-unsaturated/α-hetero) is 2. The molecule has 40 heavy (non-hydrogen) atoms. The SMILES string of the molecule is CC(C)(O)C(=O)c1ccc(COC(=O)NCCCCCCNC(=O)OCc2ccc(C(=O)C(C)(C)O)cc2)cc1. The quantitative estimate of drug-likeness (QED) is 0.187. The second kappa shape index (κ2) is 15.1. The predicted octanol–water partition coefficient (Wildman–Crippen LogP) is 4.31. The van der Waals surface area contributed by atoms with E-state index >= 15 is 0 Å². The predicted molar refractivity (Wildman–Crippen MR) is 149 cm³/mol. The van der Waals surface area contributed by atoms with Crippen LogP contribution < -0.4 is 10.6 Å². The van der Waals surface area contributed by atoms with Gasteiger partial charge in [-0.1, -0.05) is 61.4 Å². The zero-order chi connectivity index (χ0) is 29.8. The molecular formula is C30H40N2O8. The largest absolute Gasteiger partial charge is 0.445 e. The van der Waals surface area contributed by atoms with Crippen molar-refractivity contribution in [3.05, 3.63) is 70.8 Å². The summed E-state index contributed by atoms with van der Waals surface area (Å²) in [6.45, 7) is 6.80. The highest BCUT2D eigenvalue weighted by Gasteiger charge is 2.25. The molecule has 2 aromatic carbocycles. The van der Waals surface area contributed by atoms with Gasteiger partial charge in [0.1, 0.15) is 24.4 Å². The minimum Gasteiger partial charge on any atom is -0.445 e. The average Bonchev–Trinajstić information content (AvgIpc) is 2.91. The van der Waals surface area contributed by atoms with E-state index in [9.17, 15) is 29.4 Å². The van der Waals surface area contributed by atoms with Crippen molar-refractivity contribution in [1.29, 1.82) is 0 Å². The molecule has 0 unspecified atom stereocenters. The first-order valence-electron chi connectivity index (χ1n) is 13.3. The first-order valence-corrected chi connectivity index (χ1v) is 13.3. The molecule has 0 fully saturated rings. The third kappa shape index (κ3) is 11.5. The standard InChI is InChI=1S/C30H40N2O8/c1-29(2,37)25(33)23-13-9-21(10-14-23)19-39-27(35)31-17-7-5-6-8-18-32-28(36)40-20-22-11-15-24(16-12-22)26(34)30(3,4)38/h9-16,37-38H,5-8,17-20H2,1-4H3,(H,31,35)(H,32,36). The number of carbonyl (C=O) groups excluding carboxylic acids is 4. The van der Waals surface area contributed by atoms with Gasteiger partial charge >= 0.3 is 12.2 Å². The molecule has 0 aliphatic heterocycles. The van der Waals surface area contributed by atoms with Crippen molar-refractivity contribution in [1.82, 2.24) is 10.6 Å². The first-order chi connectivity index (χ1) is 18.8. The molecule has 0 radical (unpaired) electrons. The molecule has 0 aliphatic carbocycles. The third-order valence-electron chi connectivity index (χ3n) is 5.93. The Morgan fingerprint density at radius 3 is 1.23 bits per heavy atom. The molecule has 2 aromatic rings. The molecule has 2 rings (SSSR count). The summed E-state index contributed by atoms with van der Waals surface area (Å²) in [5.41, 5.74) is -0.662. The number of unbranched alkanes of at least 4 members (excludes halogenated alkanes) is 3. The van der Waals surface area contributed by atoms with Crippen LogP contribution in [0.25, 0.3) is 0 Å². The molecule has 0 aliphatic rings. The van der Waals surface area contributed by atoms with Gasteiger partial charge in [-0.3, -0.25) is 9.59 Å². The number of hydrogen-bond acceptors (Lipinski definition) is 8. The smallest absolute Gasteiger partial charge is 0.407 e. The molecule has 0 heterocycles. The first kappa shape index (κ1) is 32.5. The van der Waals surface area contributed by atoms with Crippen LogP contribution >= 0.6 is 0 Å². The van der Waals surface area contributed by atoms with Crippen molar-refractivity contribution in [2.24, 2.45) is 0 Å². The summed E-state index contributed by atoms with van der Waals surface area (Å²) in [5, 5.41) is 25.0. The summed E-state index contributed by atoms with van der Waals surface area (Å²) < 4.78 is 10.4. The molecule has 4 N–H and O–H groups in total. The fourth-order valence-electron chi connectivity index (χ4n) is 3.60. The highest BCUT2D eigenvalue weighted by Crippen LogP contribution is 2.15. The van der Waals surface area contributed by atoms with Gasteiger partial charge in [-0.25, -0.2) is 9.59 Å². The Labute approximate surface area is 235 Å². The highest BCUT2D eigenvalue weighted by atomic mass is 16.6. The Morgan fingerprint density at radius 1 is 0.600 bits per heavy atom. The van der Waals surface area contributed by atoms with Crippen LogP contribution in [0.3, 0.4) is 0 Å². The molecule has 10 heteroatoms. The van der Waals surface area contributed by atoms with Crippen LogP contribution in [0, 0.1) is 0 Å². The number of aliphatic hydroxyl groups is 2. The fourth-order valence-corrected chi connectivity index (χ4v) is 3.60. The van der Waals surface area contributed by atoms with E-state index in [-0.39, 0.29) is 24.8 Å². The van der Waals surface area contributed by atoms with E-state index in [0.717, 1.165) is 36.8 Å². The average molecular weight is 557 g/mol. The van der Waals surface area contributed by atoms with E-state index in [2.05, 4.69) is 10.6 Å². The fraction of sp³-hybridized carbons (Fsp3) is 0.467. The monoisotopic (exact) mass is 556 g/mol. The molecule has 218 valence electrons. The summed E-state index contributed by atoms with van der Waals surface area (Å²) in [6, 6.07) is 13.1. The summed E-state index contributed by atoms with van der Waals surface area (Å²) in [5.74, 6) is -0.758. The van der Waals surface area contributed by atoms with E-state index in [0.29, 0.717) is 24.2 Å². The van der Waals surface area contributed by atoms with E-state index in [1.807, 2.05) is 0 Å². The maximum atomic E-state index is 12.0. The third-order valence-corrected chi connectivity index (χ3v) is 5.93. The number of nitrogens with one attached hydrogen (secondary N) is 2. The summed E-state index contributed by atoms with van der Waals surface area (Å²) in [4.78, 5) is 47.8. The second-order valence-electron chi connectivity index (χ2n) is 10.6. The number of rotatable bonds is 15. The van der Waals surface area contributed by atoms with Gasteiger partial charge in [0.25, 0.3) is 0 Å². The Morgan fingerprint density at radius 2 is 0.925 bits per heavy atom. The summed E-state index contributed by atoms with van der Waals surface area (Å²) in [6.07, 6.45) is 2.20. The Balaban J connectivity index is 1.50. The molecular weight excluding hydrogens is 516 g/mol. The summed E-state index contributed by atoms with van der Waals surface area (Å²) >= 11 is 0. The van der Waals surface area contributed by atoms with Gasteiger partial charge in [-0.15, -0.1) is 0 Å². The molecule has 0 aromatic heterocycles. The lowest BCUT2D eigenvalue weighted by molar-refractivity contribution is 0.0487. The van der Waals surface area contributed by atoms with Crippen LogP contribution in [0.15, 0.2) is 48.5 Å². The van der Waals surface area contributed by atoms with Crippen LogP contribution in [0.4, 0.5) is 9.59 Å². The minimum atomic E-state index is -1.44. The maximum absolute atomic E-state index is 12.0. The molecule has 10 nitrogen and oxygen atoms in total. The molecule has 0 saturated heterocycles. The van der Waals surface area contributed by atoms with Crippen molar-refractivity contribution in [3.63, 3.8) is 0 Å². The van der Waals surface area contributed by atoms with Crippen LogP contribution in [0.5, 0.6) is 0 Å². The number of alkyl carbamates (subject to hydrolysis) is 2. The second-order valence-corrected chi connectivity index (χ2v) is 10.6. The lowest BCUT2D eigenvalue weighted by Crippen LogP contribution is -2.31. The zero-order valence-electron chi connectivity index (χ0n) is 23.6. The van der Waals surface area contributed by atoms with Crippen molar-refractivity contribution >= 4 is 23.8 Å². The zero-order valence-corrected chi connectivity index (χ0v) is 23.6. The van der Waals surface area contributed by atoms with Crippen LogP contribution in [0.2, 0.25) is 0 Å². The summed E-state index contributed by atoms with van der Waals surface area (Å²) in [7, 11) is 0. The number of benzene rings is 2. The Bertz CT molecular complexity index is 1040. The van der Waals surface area contributed by atoms with Crippen LogP contribution in [-0.4, -0.2) is 58.3 Å². The van der Waals surface area contributed by atoms with Gasteiger partial charge in [-0.05, 0) is 51.7 Å². The van der Waals surface area contributed by atoms with Gasteiger partial charge in [0, 0.05) is 24.2 Å².